The van der Waals surface area contributed by atoms with Gasteiger partial charge in [-0.25, -0.2) is 9.59 Å². The van der Waals surface area contributed by atoms with Crippen molar-refractivity contribution in [1.29, 1.82) is 0 Å². The van der Waals surface area contributed by atoms with Gasteiger partial charge in [0.2, 0.25) is 6.79 Å². The maximum Gasteiger partial charge on any atom is 0.443 e. The second-order valence-electron chi connectivity index (χ2n) is 4.47. The van der Waals surface area contributed by atoms with Crippen molar-refractivity contribution in [2.45, 2.75) is 12.5 Å². The molecule has 1 saturated heterocycles. The van der Waals surface area contributed by atoms with Gasteiger partial charge in [0.05, 0.1) is 0 Å². The van der Waals surface area contributed by atoms with Gasteiger partial charge in [0, 0.05) is 10.9 Å². The number of amides is 2. The Hall–Kier alpha value is -2.16. The van der Waals surface area contributed by atoms with Gasteiger partial charge in [0.25, 0.3) is 0 Å². The van der Waals surface area contributed by atoms with Gasteiger partial charge in [-0.15, -0.1) is 5.06 Å². The molecular formula is C12H11BrN2O6. The molecule has 0 saturated carbocycles. The lowest BCUT2D eigenvalue weighted by Crippen LogP contribution is -2.38. The van der Waals surface area contributed by atoms with Crippen LogP contribution in [0.25, 0.3) is 0 Å². The zero-order valence-electron chi connectivity index (χ0n) is 10.7. The van der Waals surface area contributed by atoms with E-state index in [2.05, 4.69) is 20.8 Å². The predicted octanol–water partition coefficient (Wildman–Crippen LogP) is 1.55. The first-order valence-electron chi connectivity index (χ1n) is 6.06. The minimum atomic E-state index is -1.07. The van der Waals surface area contributed by atoms with Crippen LogP contribution in [0.15, 0.2) is 16.6 Å². The Bertz CT molecular complexity index is 608. The van der Waals surface area contributed by atoms with Crippen LogP contribution >= 0.6 is 15.9 Å². The van der Waals surface area contributed by atoms with E-state index < -0.39 is 18.2 Å². The van der Waals surface area contributed by atoms with E-state index in [9.17, 15) is 9.59 Å². The minimum Gasteiger partial charge on any atom is -0.454 e. The molecule has 0 spiro atoms. The van der Waals surface area contributed by atoms with E-state index in [1.807, 2.05) is 0 Å². The number of ether oxygens (including phenoxy) is 3. The Balaban J connectivity index is 1.79. The number of nitrogens with zero attached hydrogens (tertiary/aromatic N) is 1. The molecule has 2 N–H and O–H groups in total. The molecule has 2 aliphatic heterocycles. The number of benzene rings is 1. The van der Waals surface area contributed by atoms with Crippen LogP contribution in [0.1, 0.15) is 5.56 Å². The molecule has 0 radical (unpaired) electrons. The minimum absolute atomic E-state index is 0.104. The van der Waals surface area contributed by atoms with Gasteiger partial charge in [0.15, 0.2) is 11.5 Å². The lowest BCUT2D eigenvalue weighted by atomic mass is 10.1. The van der Waals surface area contributed by atoms with Crippen LogP contribution in [-0.2, 0) is 16.0 Å². The van der Waals surface area contributed by atoms with Crippen molar-refractivity contribution in [1.82, 2.24) is 5.06 Å². The summed E-state index contributed by atoms with van der Waals surface area (Å²) < 4.78 is 16.2. The molecule has 0 aliphatic carbocycles. The number of carbonyl (C=O) groups is 2. The van der Waals surface area contributed by atoms with E-state index >= 15 is 0 Å². The van der Waals surface area contributed by atoms with Crippen LogP contribution in [0.4, 0.5) is 9.59 Å². The highest BCUT2D eigenvalue weighted by atomic mass is 79.9. The van der Waals surface area contributed by atoms with Crippen molar-refractivity contribution in [3.8, 4) is 11.5 Å². The van der Waals surface area contributed by atoms with E-state index in [0.717, 1.165) is 15.1 Å². The van der Waals surface area contributed by atoms with Crippen LogP contribution in [0.3, 0.4) is 0 Å². The van der Waals surface area contributed by atoms with Crippen LogP contribution in [0, 0.1) is 0 Å². The average molecular weight is 359 g/mol. The number of hydroxylamine groups is 2. The largest absolute Gasteiger partial charge is 0.454 e. The molecule has 8 nitrogen and oxygen atoms in total. The van der Waals surface area contributed by atoms with Gasteiger partial charge in [-0.3, -0.25) is 0 Å². The van der Waals surface area contributed by atoms with Crippen molar-refractivity contribution in [3.63, 3.8) is 0 Å². The zero-order valence-corrected chi connectivity index (χ0v) is 12.3. The summed E-state index contributed by atoms with van der Waals surface area (Å²) in [7, 11) is 0. The Morgan fingerprint density at radius 3 is 2.81 bits per heavy atom. The number of nitrogens with two attached hydrogens (primary N) is 1. The van der Waals surface area contributed by atoms with Crippen LogP contribution < -0.4 is 15.2 Å². The fraction of sp³-hybridized carbons (Fsp3) is 0.333. The molecule has 9 heteroatoms. The molecule has 1 unspecified atom stereocenters. The third-order valence-corrected chi connectivity index (χ3v) is 3.83. The Labute approximate surface area is 127 Å². The number of cyclic esters (lactones) is 1. The van der Waals surface area contributed by atoms with E-state index in [-0.39, 0.29) is 13.4 Å². The standard InChI is InChI=1S/C12H11BrN2O6/c13-8-3-10-9(19-5-20-10)2-6(8)1-7-4-18-12(17)15(7)21-11(14)16/h2-3,7H,1,4-5H2,(H2,14,16). The number of hydrogen-bond acceptors (Lipinski definition) is 6. The van der Waals surface area contributed by atoms with Gasteiger partial charge in [0.1, 0.15) is 12.6 Å². The van der Waals surface area contributed by atoms with E-state index in [4.69, 9.17) is 19.9 Å². The summed E-state index contributed by atoms with van der Waals surface area (Å²) in [6.45, 7) is 0.278. The summed E-state index contributed by atoms with van der Waals surface area (Å²) in [5, 5.41) is 0.847. The highest BCUT2D eigenvalue weighted by Crippen LogP contribution is 2.37. The summed E-state index contributed by atoms with van der Waals surface area (Å²) in [6.07, 6.45) is -1.41. The Morgan fingerprint density at radius 2 is 2.10 bits per heavy atom. The molecule has 21 heavy (non-hydrogen) atoms. The van der Waals surface area contributed by atoms with Gasteiger partial charge >= 0.3 is 12.2 Å². The quantitative estimate of drug-likeness (QED) is 0.879. The normalized spacial score (nSPS) is 19.6. The fourth-order valence-electron chi connectivity index (χ4n) is 2.17. The average Bonchev–Trinajstić information content (AvgIpc) is 2.99. The van der Waals surface area contributed by atoms with Crippen LogP contribution in [-0.4, -0.2) is 36.7 Å². The molecule has 1 fully saturated rings. The van der Waals surface area contributed by atoms with Gasteiger partial charge in [-0.05, 0) is 17.7 Å². The number of hydrogen-bond donors (Lipinski definition) is 1. The number of carbonyl (C=O) groups excluding carboxylic acids is 2. The Kier molecular flexibility index (Phi) is 3.50. The monoisotopic (exact) mass is 358 g/mol. The molecule has 2 heterocycles. The number of primary amides is 1. The van der Waals surface area contributed by atoms with Crippen molar-refractivity contribution >= 4 is 28.1 Å². The first kappa shape index (κ1) is 13.8. The first-order chi connectivity index (χ1) is 10.0. The highest BCUT2D eigenvalue weighted by Gasteiger charge is 2.37. The van der Waals surface area contributed by atoms with E-state index in [1.54, 1.807) is 12.1 Å². The van der Waals surface area contributed by atoms with Crippen molar-refractivity contribution < 1.29 is 28.6 Å². The Morgan fingerprint density at radius 1 is 1.38 bits per heavy atom. The second-order valence-corrected chi connectivity index (χ2v) is 5.32. The summed E-state index contributed by atoms with van der Waals surface area (Å²) in [4.78, 5) is 27.0. The summed E-state index contributed by atoms with van der Waals surface area (Å²) in [5.74, 6) is 1.27. The summed E-state index contributed by atoms with van der Waals surface area (Å²) in [5.41, 5.74) is 5.80. The fourth-order valence-corrected chi connectivity index (χ4v) is 2.65. The number of fused-ring (bicyclic) bond motifs is 1. The third kappa shape index (κ3) is 2.68. The molecule has 112 valence electrons. The summed E-state index contributed by atoms with van der Waals surface area (Å²) >= 11 is 3.43. The molecule has 0 aromatic heterocycles. The molecule has 0 bridgehead atoms. The SMILES string of the molecule is NC(=O)ON1C(=O)OCC1Cc1cc2c(cc1Br)OCO2. The molecule has 2 amide bonds. The lowest BCUT2D eigenvalue weighted by molar-refractivity contribution is -0.0683. The molecule has 1 aromatic carbocycles. The molecule has 1 atom stereocenters. The third-order valence-electron chi connectivity index (χ3n) is 3.10. The van der Waals surface area contributed by atoms with Crippen molar-refractivity contribution in [2.75, 3.05) is 13.4 Å². The van der Waals surface area contributed by atoms with Crippen LogP contribution in [0.2, 0.25) is 0 Å². The molecule has 2 aliphatic rings. The smallest absolute Gasteiger partial charge is 0.443 e. The maximum atomic E-state index is 11.5. The van der Waals surface area contributed by atoms with Gasteiger partial charge in [-0.2, -0.15) is 0 Å². The van der Waals surface area contributed by atoms with Crippen LogP contribution in [0.5, 0.6) is 11.5 Å². The number of rotatable bonds is 3. The van der Waals surface area contributed by atoms with Gasteiger partial charge in [-0.1, -0.05) is 15.9 Å². The number of halogens is 1. The zero-order chi connectivity index (χ0) is 15.0. The molecule has 1 aromatic rings. The van der Waals surface area contributed by atoms with E-state index in [0.29, 0.717) is 17.9 Å². The first-order valence-corrected chi connectivity index (χ1v) is 6.85. The molecule has 3 rings (SSSR count). The molecular weight excluding hydrogens is 348 g/mol. The van der Waals surface area contributed by atoms with E-state index in [1.165, 1.54) is 0 Å². The topological polar surface area (TPSA) is 100 Å². The van der Waals surface area contributed by atoms with Gasteiger partial charge < -0.3 is 24.8 Å². The second kappa shape index (κ2) is 5.32. The van der Waals surface area contributed by atoms with Crippen molar-refractivity contribution in [3.05, 3.63) is 22.2 Å². The lowest BCUT2D eigenvalue weighted by Gasteiger charge is -2.19. The summed E-state index contributed by atoms with van der Waals surface area (Å²) in [6, 6.07) is 3.13. The maximum absolute atomic E-state index is 11.5. The predicted molar refractivity (Wildman–Crippen MR) is 71.6 cm³/mol. The van der Waals surface area contributed by atoms with Crippen molar-refractivity contribution in [2.24, 2.45) is 5.73 Å². The highest BCUT2D eigenvalue weighted by molar-refractivity contribution is 9.10.